The van der Waals surface area contributed by atoms with Gasteiger partial charge < -0.3 is 5.11 Å². The van der Waals surface area contributed by atoms with Crippen molar-refractivity contribution in [3.05, 3.63) is 0 Å². The molecule has 3 atom stereocenters. The third-order valence-electron chi connectivity index (χ3n) is 2.55. The molecule has 3 unspecified atom stereocenters. The van der Waals surface area contributed by atoms with E-state index in [4.69, 9.17) is 0 Å². The van der Waals surface area contributed by atoms with Crippen molar-refractivity contribution in [2.45, 2.75) is 39.2 Å². The zero-order valence-electron chi connectivity index (χ0n) is 6.26. The van der Waals surface area contributed by atoms with Crippen molar-refractivity contribution in [3.63, 3.8) is 0 Å². The van der Waals surface area contributed by atoms with Gasteiger partial charge in [-0.05, 0) is 11.8 Å². The van der Waals surface area contributed by atoms with Crippen LogP contribution in [0.2, 0.25) is 0 Å². The summed E-state index contributed by atoms with van der Waals surface area (Å²) in [5, 5.41) is 10.9. The Morgan fingerprint density at radius 2 is 1.78 bits per heavy atom. The van der Waals surface area contributed by atoms with Crippen LogP contribution in [-0.2, 0) is 0 Å². The molecule has 54 valence electrons. The highest BCUT2D eigenvalue weighted by molar-refractivity contribution is 4.73. The molecule has 0 amide bonds. The Kier molecular flexibility index (Phi) is 2.12. The molecule has 0 spiro atoms. The second-order valence-corrected chi connectivity index (χ2v) is 3.39. The number of hydrogen-bond acceptors (Lipinski definition) is 1. The van der Waals surface area contributed by atoms with E-state index in [9.17, 15) is 5.11 Å². The zero-order valence-corrected chi connectivity index (χ0v) is 6.26. The lowest BCUT2D eigenvalue weighted by Crippen LogP contribution is -2.33. The lowest BCUT2D eigenvalue weighted by atomic mass is 9.80. The second-order valence-electron chi connectivity index (χ2n) is 3.39. The predicted molar refractivity (Wildman–Crippen MR) is 36.0 cm³/mol. The molecule has 1 nitrogen and oxygen atoms in total. The molecule has 1 fully saturated rings. The smallest absolute Gasteiger partial charge is 0.0418 e. The van der Waals surface area contributed by atoms with Gasteiger partial charge in [-0.2, -0.15) is 0 Å². The normalized spacial score (nSPS) is 45.0. The van der Waals surface area contributed by atoms with Gasteiger partial charge in [0.25, 0.3) is 0 Å². The Morgan fingerprint density at radius 1 is 1.11 bits per heavy atom. The Bertz CT molecular complexity index is 90.6. The first-order chi connectivity index (χ1) is 4.20. The molecule has 0 aromatic heterocycles. The minimum Gasteiger partial charge on any atom is -0.852 e. The molecule has 1 aliphatic rings. The standard InChI is InChI=1S/C8H15O/c1-6-3-4-8(9)5-7(6)2/h6-8H,3-5H2,1-2H3/q-1. The van der Waals surface area contributed by atoms with Gasteiger partial charge in [-0.1, -0.05) is 33.1 Å². The largest absolute Gasteiger partial charge is 0.852 e. The van der Waals surface area contributed by atoms with E-state index in [1.165, 1.54) is 0 Å². The molecule has 0 heterocycles. The third kappa shape index (κ3) is 1.68. The van der Waals surface area contributed by atoms with Gasteiger partial charge in [-0.25, -0.2) is 0 Å². The SMILES string of the molecule is CC1CCC([O-])CC1C. The summed E-state index contributed by atoms with van der Waals surface area (Å²) in [5.41, 5.74) is 0. The number of hydrogen-bond donors (Lipinski definition) is 0. The van der Waals surface area contributed by atoms with Crippen LogP contribution in [-0.4, -0.2) is 6.10 Å². The summed E-state index contributed by atoms with van der Waals surface area (Å²) in [4.78, 5) is 0. The maximum Gasteiger partial charge on any atom is -0.0418 e. The summed E-state index contributed by atoms with van der Waals surface area (Å²) < 4.78 is 0. The molecule has 0 bridgehead atoms. The molecule has 0 saturated heterocycles. The van der Waals surface area contributed by atoms with Crippen LogP contribution >= 0.6 is 0 Å². The first-order valence-electron chi connectivity index (χ1n) is 3.86. The van der Waals surface area contributed by atoms with Gasteiger partial charge in [0, 0.05) is 0 Å². The summed E-state index contributed by atoms with van der Waals surface area (Å²) in [6.07, 6.45) is 2.71. The molecule has 0 aromatic carbocycles. The third-order valence-corrected chi connectivity index (χ3v) is 2.55. The van der Waals surface area contributed by atoms with E-state index in [-0.39, 0.29) is 6.10 Å². The Morgan fingerprint density at radius 3 is 2.22 bits per heavy atom. The summed E-state index contributed by atoms with van der Waals surface area (Å²) in [6.45, 7) is 4.44. The lowest BCUT2D eigenvalue weighted by molar-refractivity contribution is -0.429. The Hall–Kier alpha value is -0.0400. The van der Waals surface area contributed by atoms with Crippen LogP contribution < -0.4 is 5.11 Å². The zero-order chi connectivity index (χ0) is 6.85. The molecule has 0 aromatic rings. The Labute approximate surface area is 57.1 Å². The highest BCUT2D eigenvalue weighted by Crippen LogP contribution is 2.27. The fourth-order valence-corrected chi connectivity index (χ4v) is 1.50. The van der Waals surface area contributed by atoms with Crippen LogP contribution in [0.15, 0.2) is 0 Å². The summed E-state index contributed by atoms with van der Waals surface area (Å²) >= 11 is 0. The molecule has 0 aliphatic heterocycles. The van der Waals surface area contributed by atoms with Crippen molar-refractivity contribution < 1.29 is 5.11 Å². The molecular weight excluding hydrogens is 112 g/mol. The highest BCUT2D eigenvalue weighted by Gasteiger charge is 2.17. The molecular formula is C8H15O-. The van der Waals surface area contributed by atoms with Gasteiger partial charge in [0.2, 0.25) is 0 Å². The van der Waals surface area contributed by atoms with Crippen molar-refractivity contribution in [1.29, 1.82) is 0 Å². The average Bonchev–Trinajstić information content (AvgIpc) is 1.80. The van der Waals surface area contributed by atoms with Crippen LogP contribution in [0, 0.1) is 11.8 Å². The second kappa shape index (κ2) is 2.70. The maximum atomic E-state index is 10.9. The van der Waals surface area contributed by atoms with Gasteiger partial charge in [-0.15, -0.1) is 6.10 Å². The van der Waals surface area contributed by atoms with E-state index >= 15 is 0 Å². The summed E-state index contributed by atoms with van der Waals surface area (Å²) in [6, 6.07) is 0. The van der Waals surface area contributed by atoms with Crippen molar-refractivity contribution in [2.75, 3.05) is 0 Å². The monoisotopic (exact) mass is 127 g/mol. The van der Waals surface area contributed by atoms with Crippen molar-refractivity contribution in [2.24, 2.45) is 11.8 Å². The molecule has 0 radical (unpaired) electrons. The summed E-state index contributed by atoms with van der Waals surface area (Å²) in [7, 11) is 0. The van der Waals surface area contributed by atoms with E-state index in [1.807, 2.05) is 0 Å². The lowest BCUT2D eigenvalue weighted by Gasteiger charge is -2.35. The molecule has 1 heteroatoms. The van der Waals surface area contributed by atoms with Crippen LogP contribution in [0.5, 0.6) is 0 Å². The predicted octanol–water partition coefficient (Wildman–Crippen LogP) is 1.17. The van der Waals surface area contributed by atoms with E-state index < -0.39 is 0 Å². The van der Waals surface area contributed by atoms with Crippen molar-refractivity contribution in [3.8, 4) is 0 Å². The van der Waals surface area contributed by atoms with Crippen LogP contribution in [0.3, 0.4) is 0 Å². The Balaban J connectivity index is 2.35. The fourth-order valence-electron chi connectivity index (χ4n) is 1.50. The van der Waals surface area contributed by atoms with Gasteiger partial charge in [-0.3, -0.25) is 0 Å². The minimum atomic E-state index is -0.254. The molecule has 9 heavy (non-hydrogen) atoms. The van der Waals surface area contributed by atoms with E-state index in [0.717, 1.165) is 25.2 Å². The fraction of sp³-hybridized carbons (Fsp3) is 1.00. The average molecular weight is 127 g/mol. The minimum absolute atomic E-state index is 0.254. The maximum absolute atomic E-state index is 10.9. The molecule has 0 N–H and O–H groups in total. The molecule has 1 rings (SSSR count). The quantitative estimate of drug-likeness (QED) is 0.479. The van der Waals surface area contributed by atoms with Crippen molar-refractivity contribution in [1.82, 2.24) is 0 Å². The van der Waals surface area contributed by atoms with Gasteiger partial charge in [0.1, 0.15) is 0 Å². The van der Waals surface area contributed by atoms with E-state index in [0.29, 0.717) is 5.92 Å². The van der Waals surface area contributed by atoms with Gasteiger partial charge >= 0.3 is 0 Å². The van der Waals surface area contributed by atoms with Crippen LogP contribution in [0.4, 0.5) is 0 Å². The van der Waals surface area contributed by atoms with Gasteiger partial charge in [0.05, 0.1) is 0 Å². The topological polar surface area (TPSA) is 23.1 Å². The van der Waals surface area contributed by atoms with Crippen molar-refractivity contribution >= 4 is 0 Å². The first kappa shape index (κ1) is 7.07. The summed E-state index contributed by atoms with van der Waals surface area (Å²) in [5.74, 6) is 1.46. The first-order valence-corrected chi connectivity index (χ1v) is 3.86. The molecule has 1 saturated carbocycles. The molecule has 1 aliphatic carbocycles. The van der Waals surface area contributed by atoms with Crippen LogP contribution in [0.1, 0.15) is 33.1 Å². The van der Waals surface area contributed by atoms with Gasteiger partial charge in [0.15, 0.2) is 0 Å². The van der Waals surface area contributed by atoms with E-state index in [2.05, 4.69) is 13.8 Å². The highest BCUT2D eigenvalue weighted by atomic mass is 16.3. The van der Waals surface area contributed by atoms with Crippen LogP contribution in [0.25, 0.3) is 0 Å². The number of rotatable bonds is 0. The van der Waals surface area contributed by atoms with E-state index in [1.54, 1.807) is 0 Å².